The van der Waals surface area contributed by atoms with Gasteiger partial charge in [0.25, 0.3) is 5.91 Å². The van der Waals surface area contributed by atoms with Gasteiger partial charge in [-0.2, -0.15) is 0 Å². The van der Waals surface area contributed by atoms with Crippen molar-refractivity contribution >= 4 is 5.91 Å². The molecule has 2 heteroatoms. The Morgan fingerprint density at radius 2 is 2.13 bits per heavy atom. The molecule has 0 N–H and O–H groups in total. The number of rotatable bonds is 1. The molecule has 1 aromatic carbocycles. The Bertz CT molecular complexity index is 430. The largest absolute Gasteiger partial charge is 0.334 e. The normalized spacial score (nSPS) is 14.0. The van der Waals surface area contributed by atoms with Gasteiger partial charge in [-0.1, -0.05) is 30.8 Å². The van der Waals surface area contributed by atoms with Crippen molar-refractivity contribution in [3.05, 3.63) is 53.8 Å². The van der Waals surface area contributed by atoms with Gasteiger partial charge in [0.2, 0.25) is 0 Å². The molecule has 0 aliphatic carbocycles. The van der Waals surface area contributed by atoms with Gasteiger partial charge in [0.05, 0.1) is 0 Å². The molecule has 0 spiro atoms. The molecule has 1 amide bonds. The fourth-order valence-corrected chi connectivity index (χ4v) is 1.86. The van der Waals surface area contributed by atoms with Gasteiger partial charge in [-0.3, -0.25) is 4.79 Å². The van der Waals surface area contributed by atoms with Crippen molar-refractivity contribution in [3.63, 3.8) is 0 Å². The zero-order valence-electron chi connectivity index (χ0n) is 8.57. The molecule has 1 aromatic rings. The van der Waals surface area contributed by atoms with E-state index < -0.39 is 0 Å². The van der Waals surface area contributed by atoms with Crippen molar-refractivity contribution in [2.75, 3.05) is 6.54 Å². The third-order valence-corrected chi connectivity index (χ3v) is 2.67. The fourth-order valence-electron chi connectivity index (χ4n) is 1.86. The van der Waals surface area contributed by atoms with Crippen LogP contribution >= 0.6 is 0 Å². The zero-order valence-corrected chi connectivity index (χ0v) is 8.57. The molecule has 0 radical (unpaired) electrons. The minimum Gasteiger partial charge on any atom is -0.334 e. The molecule has 1 aliphatic rings. The van der Waals surface area contributed by atoms with Crippen LogP contribution in [0.5, 0.6) is 0 Å². The van der Waals surface area contributed by atoms with Crippen LogP contribution < -0.4 is 0 Å². The van der Waals surface area contributed by atoms with Gasteiger partial charge in [0, 0.05) is 19.2 Å². The Labute approximate surface area is 89.5 Å². The van der Waals surface area contributed by atoms with Crippen LogP contribution in [0.1, 0.15) is 11.1 Å². The van der Waals surface area contributed by atoms with E-state index in [2.05, 4.69) is 24.4 Å². The van der Waals surface area contributed by atoms with Gasteiger partial charge in [0.1, 0.15) is 0 Å². The third-order valence-electron chi connectivity index (χ3n) is 2.67. The predicted molar refractivity (Wildman–Crippen MR) is 59.3 cm³/mol. The lowest BCUT2D eigenvalue weighted by Gasteiger charge is -2.27. The Hall–Kier alpha value is -1.79. The molecule has 1 aliphatic heterocycles. The molecule has 0 bridgehead atoms. The van der Waals surface area contributed by atoms with Gasteiger partial charge in [-0.25, -0.2) is 0 Å². The molecule has 76 valence electrons. The first kappa shape index (κ1) is 9.75. The highest BCUT2D eigenvalue weighted by Crippen LogP contribution is 2.18. The van der Waals surface area contributed by atoms with E-state index in [1.165, 1.54) is 17.2 Å². The minimum absolute atomic E-state index is 0.000460. The summed E-state index contributed by atoms with van der Waals surface area (Å²) < 4.78 is 0. The second kappa shape index (κ2) is 4.16. The molecule has 0 saturated carbocycles. The van der Waals surface area contributed by atoms with Crippen LogP contribution in [0.3, 0.4) is 0 Å². The minimum atomic E-state index is -0.000460. The van der Waals surface area contributed by atoms with Crippen LogP contribution in [0.4, 0.5) is 0 Å². The maximum atomic E-state index is 11.6. The first-order valence-electron chi connectivity index (χ1n) is 5.03. The molecular formula is C13H13NO. The van der Waals surface area contributed by atoms with E-state index in [0.29, 0.717) is 6.54 Å². The van der Waals surface area contributed by atoms with Crippen molar-refractivity contribution in [3.8, 4) is 0 Å². The number of hydrogen-bond donors (Lipinski definition) is 0. The lowest BCUT2D eigenvalue weighted by Crippen LogP contribution is -2.34. The molecule has 0 unspecified atom stereocenters. The average molecular weight is 199 g/mol. The molecule has 0 fully saturated rings. The number of nitrogens with zero attached hydrogens (tertiary/aromatic N) is 1. The Morgan fingerprint density at radius 3 is 2.87 bits per heavy atom. The third kappa shape index (κ3) is 2.00. The Balaban J connectivity index is 2.18. The quantitative estimate of drug-likeness (QED) is 0.500. The van der Waals surface area contributed by atoms with Crippen LogP contribution in [0.25, 0.3) is 0 Å². The van der Waals surface area contributed by atoms with Crippen molar-refractivity contribution in [1.29, 1.82) is 0 Å². The number of hydrogen-bond acceptors (Lipinski definition) is 1. The van der Waals surface area contributed by atoms with Crippen molar-refractivity contribution in [2.24, 2.45) is 0 Å². The summed E-state index contributed by atoms with van der Waals surface area (Å²) in [6.45, 7) is 4.90. The van der Waals surface area contributed by atoms with Crippen molar-refractivity contribution < 1.29 is 4.79 Å². The van der Waals surface area contributed by atoms with Gasteiger partial charge < -0.3 is 4.90 Å². The highest BCUT2D eigenvalue weighted by atomic mass is 16.2. The summed E-state index contributed by atoms with van der Waals surface area (Å²) in [5.41, 5.74) is 5.12. The summed E-state index contributed by atoms with van der Waals surface area (Å²) in [6.07, 6.45) is 2.33. The molecule has 0 aromatic heterocycles. The Kier molecular flexibility index (Phi) is 2.70. The lowest BCUT2D eigenvalue weighted by molar-refractivity contribution is -0.126. The van der Waals surface area contributed by atoms with E-state index in [4.69, 9.17) is 0 Å². The van der Waals surface area contributed by atoms with E-state index in [0.717, 1.165) is 13.0 Å². The molecule has 2 rings (SSSR count). The standard InChI is InChI=1S/C13H13NO/c1-2-5-13(15)14-9-8-11-6-3-4-7-12(11)10-14/h3-7H,1,8-10H2. The molecule has 0 saturated heterocycles. The highest BCUT2D eigenvalue weighted by molar-refractivity contribution is 5.87. The molecule has 2 nitrogen and oxygen atoms in total. The van der Waals surface area contributed by atoms with Gasteiger partial charge in [-0.05, 0) is 17.5 Å². The number of carbonyl (C=O) groups excluding carboxylic acids is 1. The first-order chi connectivity index (χ1) is 7.31. The van der Waals surface area contributed by atoms with Crippen LogP contribution in [-0.2, 0) is 17.8 Å². The monoisotopic (exact) mass is 199 g/mol. The van der Waals surface area contributed by atoms with E-state index >= 15 is 0 Å². The fraction of sp³-hybridized carbons (Fsp3) is 0.231. The number of benzene rings is 1. The summed E-state index contributed by atoms with van der Waals surface area (Å²) in [4.78, 5) is 13.4. The summed E-state index contributed by atoms with van der Waals surface area (Å²) in [5, 5.41) is 0. The predicted octanol–water partition coefficient (Wildman–Crippen LogP) is 1.91. The topological polar surface area (TPSA) is 20.3 Å². The molecule has 15 heavy (non-hydrogen) atoms. The smallest absolute Gasteiger partial charge is 0.254 e. The van der Waals surface area contributed by atoms with Crippen molar-refractivity contribution in [1.82, 2.24) is 4.90 Å². The van der Waals surface area contributed by atoms with E-state index in [-0.39, 0.29) is 5.91 Å². The second-order valence-electron chi connectivity index (χ2n) is 3.63. The zero-order chi connectivity index (χ0) is 10.7. The number of carbonyl (C=O) groups is 1. The van der Waals surface area contributed by atoms with Crippen LogP contribution in [0.15, 0.2) is 42.7 Å². The summed E-state index contributed by atoms with van der Waals surface area (Å²) in [6, 6.07) is 8.25. The lowest BCUT2D eigenvalue weighted by atomic mass is 10.00. The highest BCUT2D eigenvalue weighted by Gasteiger charge is 2.18. The van der Waals surface area contributed by atoms with Crippen LogP contribution in [0, 0.1) is 0 Å². The maximum absolute atomic E-state index is 11.6. The molecular weight excluding hydrogens is 186 g/mol. The Morgan fingerprint density at radius 1 is 1.40 bits per heavy atom. The van der Waals surface area contributed by atoms with Gasteiger partial charge in [0.15, 0.2) is 0 Å². The maximum Gasteiger partial charge on any atom is 0.254 e. The van der Waals surface area contributed by atoms with Crippen molar-refractivity contribution in [2.45, 2.75) is 13.0 Å². The van der Waals surface area contributed by atoms with Gasteiger partial charge in [-0.15, -0.1) is 5.73 Å². The van der Waals surface area contributed by atoms with E-state index in [9.17, 15) is 4.79 Å². The van der Waals surface area contributed by atoms with Crippen LogP contribution in [-0.4, -0.2) is 17.4 Å². The molecule has 0 atom stereocenters. The first-order valence-corrected chi connectivity index (χ1v) is 5.03. The SMILES string of the molecule is C=C=CC(=O)N1CCc2ccccc2C1. The van der Waals surface area contributed by atoms with E-state index in [1.807, 2.05) is 17.0 Å². The molecule has 1 heterocycles. The number of amides is 1. The van der Waals surface area contributed by atoms with Gasteiger partial charge >= 0.3 is 0 Å². The number of fused-ring (bicyclic) bond motifs is 1. The summed E-state index contributed by atoms with van der Waals surface area (Å²) in [7, 11) is 0. The average Bonchev–Trinajstić information content (AvgIpc) is 2.29. The summed E-state index contributed by atoms with van der Waals surface area (Å²) >= 11 is 0. The van der Waals surface area contributed by atoms with Crippen LogP contribution in [0.2, 0.25) is 0 Å². The van der Waals surface area contributed by atoms with E-state index in [1.54, 1.807) is 0 Å². The second-order valence-corrected chi connectivity index (χ2v) is 3.63. The summed E-state index contributed by atoms with van der Waals surface area (Å²) in [5.74, 6) is -0.000460.